The van der Waals surface area contributed by atoms with Crippen LogP contribution in [0.25, 0.3) is 0 Å². The average Bonchev–Trinajstić information content (AvgIpc) is 2.16. The summed E-state index contributed by atoms with van der Waals surface area (Å²) in [6, 6.07) is 7.66. The largest absolute Gasteiger partial charge is 0.391 e. The summed E-state index contributed by atoms with van der Waals surface area (Å²) < 4.78 is 1.18. The molecule has 0 saturated heterocycles. The van der Waals surface area contributed by atoms with Gasteiger partial charge in [0.1, 0.15) is 0 Å². The third kappa shape index (κ3) is 4.26. The fourth-order valence-corrected chi connectivity index (χ4v) is 1.66. The Labute approximate surface area is 111 Å². The molecule has 1 aromatic rings. The standard InChI is InChI=1S/C11H16INO.ClH/c1-7(2)11(14)10(13)8-3-5-9(12)6-4-8;/h3-7,10-11,14H,13H2,1-2H3;1H/t10-,11+;/m0./s1. The smallest absolute Gasteiger partial charge is 0.0755 e. The van der Waals surface area contributed by atoms with Crippen molar-refractivity contribution in [2.45, 2.75) is 26.0 Å². The number of halogens is 2. The summed E-state index contributed by atoms with van der Waals surface area (Å²) in [4.78, 5) is 0. The van der Waals surface area contributed by atoms with Crippen LogP contribution in [0.4, 0.5) is 0 Å². The minimum atomic E-state index is -0.477. The Bertz CT molecular complexity index is 289. The van der Waals surface area contributed by atoms with Crippen LogP contribution in [0.3, 0.4) is 0 Å². The van der Waals surface area contributed by atoms with Gasteiger partial charge in [0.05, 0.1) is 12.1 Å². The van der Waals surface area contributed by atoms with Crippen LogP contribution in [-0.4, -0.2) is 11.2 Å². The zero-order valence-electron chi connectivity index (χ0n) is 8.85. The number of aliphatic hydroxyl groups excluding tert-OH is 1. The molecule has 3 N–H and O–H groups in total. The molecule has 2 nitrogen and oxygen atoms in total. The highest BCUT2D eigenvalue weighted by Gasteiger charge is 2.19. The first-order valence-electron chi connectivity index (χ1n) is 4.71. The highest BCUT2D eigenvalue weighted by Crippen LogP contribution is 2.20. The summed E-state index contributed by atoms with van der Waals surface area (Å²) in [6.45, 7) is 3.94. The molecular weight excluding hydrogens is 324 g/mol. The Kier molecular flexibility index (Phi) is 6.75. The molecule has 0 radical (unpaired) electrons. The molecule has 0 bridgehead atoms. The molecule has 0 saturated carbocycles. The van der Waals surface area contributed by atoms with Crippen LogP contribution in [0.1, 0.15) is 25.5 Å². The van der Waals surface area contributed by atoms with E-state index in [0.29, 0.717) is 0 Å². The van der Waals surface area contributed by atoms with E-state index < -0.39 is 6.10 Å². The molecule has 0 aliphatic rings. The maximum atomic E-state index is 9.79. The van der Waals surface area contributed by atoms with Crippen LogP contribution in [0.2, 0.25) is 0 Å². The van der Waals surface area contributed by atoms with Gasteiger partial charge in [0.2, 0.25) is 0 Å². The summed E-state index contributed by atoms with van der Waals surface area (Å²) in [5.41, 5.74) is 6.93. The Morgan fingerprint density at radius 2 is 1.67 bits per heavy atom. The van der Waals surface area contributed by atoms with Crippen LogP contribution >= 0.6 is 35.0 Å². The molecule has 15 heavy (non-hydrogen) atoms. The molecule has 86 valence electrons. The van der Waals surface area contributed by atoms with E-state index in [1.165, 1.54) is 3.57 Å². The van der Waals surface area contributed by atoms with Gasteiger partial charge in [-0.15, -0.1) is 12.4 Å². The number of nitrogens with two attached hydrogens (primary N) is 1. The minimum absolute atomic E-state index is 0. The number of rotatable bonds is 3. The Morgan fingerprint density at radius 1 is 1.20 bits per heavy atom. The number of aliphatic hydroxyl groups is 1. The van der Waals surface area contributed by atoms with Gasteiger partial charge in [-0.2, -0.15) is 0 Å². The lowest BCUT2D eigenvalue weighted by molar-refractivity contribution is 0.0979. The highest BCUT2D eigenvalue weighted by molar-refractivity contribution is 14.1. The number of hydrogen-bond acceptors (Lipinski definition) is 2. The van der Waals surface area contributed by atoms with Crippen LogP contribution in [0.5, 0.6) is 0 Å². The van der Waals surface area contributed by atoms with E-state index in [9.17, 15) is 5.11 Å². The molecule has 0 unspecified atom stereocenters. The van der Waals surface area contributed by atoms with E-state index in [1.807, 2.05) is 38.1 Å². The van der Waals surface area contributed by atoms with Gasteiger partial charge in [-0.1, -0.05) is 26.0 Å². The van der Waals surface area contributed by atoms with Crippen molar-refractivity contribution < 1.29 is 5.11 Å². The van der Waals surface area contributed by atoms with Crippen molar-refractivity contribution in [1.29, 1.82) is 0 Å². The van der Waals surface area contributed by atoms with Crippen molar-refractivity contribution in [3.8, 4) is 0 Å². The molecule has 0 fully saturated rings. The molecule has 0 aliphatic carbocycles. The Hall–Kier alpha value is 0.160. The quantitative estimate of drug-likeness (QED) is 0.831. The summed E-state index contributed by atoms with van der Waals surface area (Å²) in [7, 11) is 0. The molecule has 0 heterocycles. The van der Waals surface area contributed by atoms with Gasteiger partial charge < -0.3 is 10.8 Å². The molecule has 0 aromatic heterocycles. The van der Waals surface area contributed by atoms with E-state index >= 15 is 0 Å². The minimum Gasteiger partial charge on any atom is -0.391 e. The van der Waals surface area contributed by atoms with Crippen molar-refractivity contribution >= 4 is 35.0 Å². The maximum absolute atomic E-state index is 9.79. The van der Waals surface area contributed by atoms with Crippen molar-refractivity contribution in [2.75, 3.05) is 0 Å². The first-order valence-corrected chi connectivity index (χ1v) is 5.79. The third-order valence-corrected chi connectivity index (χ3v) is 3.03. The summed E-state index contributed by atoms with van der Waals surface area (Å²) in [6.07, 6.45) is -0.477. The lowest BCUT2D eigenvalue weighted by atomic mass is 9.95. The van der Waals surface area contributed by atoms with Gasteiger partial charge in [0, 0.05) is 3.57 Å². The maximum Gasteiger partial charge on any atom is 0.0755 e. The highest BCUT2D eigenvalue weighted by atomic mass is 127. The molecule has 2 atom stereocenters. The van der Waals surface area contributed by atoms with E-state index in [1.54, 1.807) is 0 Å². The van der Waals surface area contributed by atoms with Gasteiger partial charge >= 0.3 is 0 Å². The van der Waals surface area contributed by atoms with Crippen molar-refractivity contribution in [3.05, 3.63) is 33.4 Å². The zero-order chi connectivity index (χ0) is 10.7. The Balaban J connectivity index is 0.00000196. The normalized spacial score (nSPS) is 14.5. The molecule has 1 rings (SSSR count). The lowest BCUT2D eigenvalue weighted by Crippen LogP contribution is -2.30. The van der Waals surface area contributed by atoms with E-state index in [2.05, 4.69) is 22.6 Å². The van der Waals surface area contributed by atoms with Crippen molar-refractivity contribution in [1.82, 2.24) is 0 Å². The van der Waals surface area contributed by atoms with Gasteiger partial charge in [-0.05, 0) is 46.2 Å². The van der Waals surface area contributed by atoms with Crippen LogP contribution in [0.15, 0.2) is 24.3 Å². The summed E-state index contributed by atoms with van der Waals surface area (Å²) in [5.74, 6) is 0.185. The lowest BCUT2D eigenvalue weighted by Gasteiger charge is -2.22. The monoisotopic (exact) mass is 341 g/mol. The Morgan fingerprint density at radius 3 is 2.07 bits per heavy atom. The van der Waals surface area contributed by atoms with E-state index in [0.717, 1.165) is 5.56 Å². The van der Waals surface area contributed by atoms with Crippen LogP contribution in [-0.2, 0) is 0 Å². The number of benzene rings is 1. The van der Waals surface area contributed by atoms with Gasteiger partial charge in [-0.3, -0.25) is 0 Å². The SMILES string of the molecule is CC(C)[C@@H](O)[C@@H](N)c1ccc(I)cc1.Cl. The fourth-order valence-electron chi connectivity index (χ4n) is 1.30. The van der Waals surface area contributed by atoms with Crippen LogP contribution in [0, 0.1) is 9.49 Å². The van der Waals surface area contributed by atoms with E-state index in [4.69, 9.17) is 5.73 Å². The summed E-state index contributed by atoms with van der Waals surface area (Å²) in [5, 5.41) is 9.79. The fraction of sp³-hybridized carbons (Fsp3) is 0.455. The first-order chi connectivity index (χ1) is 6.52. The topological polar surface area (TPSA) is 46.2 Å². The van der Waals surface area contributed by atoms with E-state index in [-0.39, 0.29) is 24.4 Å². The average molecular weight is 342 g/mol. The summed E-state index contributed by atoms with van der Waals surface area (Å²) >= 11 is 2.25. The third-order valence-electron chi connectivity index (χ3n) is 2.31. The second kappa shape index (κ2) is 6.68. The van der Waals surface area contributed by atoms with Crippen LogP contribution < -0.4 is 5.73 Å². The predicted molar refractivity (Wildman–Crippen MR) is 74.2 cm³/mol. The molecule has 4 heteroatoms. The van der Waals surface area contributed by atoms with Crippen molar-refractivity contribution in [2.24, 2.45) is 11.7 Å². The zero-order valence-corrected chi connectivity index (χ0v) is 11.8. The molecule has 0 amide bonds. The van der Waals surface area contributed by atoms with Gasteiger partial charge in [0.25, 0.3) is 0 Å². The van der Waals surface area contributed by atoms with Gasteiger partial charge in [-0.25, -0.2) is 0 Å². The second-order valence-electron chi connectivity index (χ2n) is 3.81. The predicted octanol–water partition coefficient (Wildman–Crippen LogP) is 2.73. The van der Waals surface area contributed by atoms with Gasteiger partial charge in [0.15, 0.2) is 0 Å². The first kappa shape index (κ1) is 15.2. The number of hydrogen-bond donors (Lipinski definition) is 2. The molecule has 0 spiro atoms. The molecule has 0 aliphatic heterocycles. The molecular formula is C11H17ClINO. The molecule has 1 aromatic carbocycles. The second-order valence-corrected chi connectivity index (χ2v) is 5.06. The van der Waals surface area contributed by atoms with Crippen molar-refractivity contribution in [3.63, 3.8) is 0 Å².